The molecule has 0 atom stereocenters. The molecule has 122 valence electrons. The number of nitrogens with zero attached hydrogens (tertiary/aromatic N) is 4. The van der Waals surface area contributed by atoms with Gasteiger partial charge < -0.3 is 4.74 Å². The van der Waals surface area contributed by atoms with Crippen LogP contribution in [0.15, 0.2) is 42.3 Å². The van der Waals surface area contributed by atoms with E-state index < -0.39 is 5.60 Å². The zero-order valence-corrected chi connectivity index (χ0v) is 14.3. The lowest BCUT2D eigenvalue weighted by Crippen LogP contribution is -2.25. The first-order chi connectivity index (χ1) is 10.9. The second kappa shape index (κ2) is 7.41. The van der Waals surface area contributed by atoms with Crippen LogP contribution in [0.1, 0.15) is 20.8 Å². The van der Waals surface area contributed by atoms with Gasteiger partial charge in [-0.2, -0.15) is 0 Å². The maximum absolute atomic E-state index is 11.8. The molecule has 2 aromatic heterocycles. The lowest BCUT2D eigenvalue weighted by atomic mass is 10.2. The van der Waals surface area contributed by atoms with Crippen LogP contribution in [0.2, 0.25) is 0 Å². The molecule has 2 heterocycles. The van der Waals surface area contributed by atoms with Gasteiger partial charge in [-0.1, -0.05) is 17.8 Å². The van der Waals surface area contributed by atoms with Gasteiger partial charge in [0.15, 0.2) is 11.0 Å². The van der Waals surface area contributed by atoms with Crippen molar-refractivity contribution in [3.63, 3.8) is 0 Å². The molecule has 0 aliphatic heterocycles. The summed E-state index contributed by atoms with van der Waals surface area (Å²) in [5.41, 5.74) is 0.424. The molecule has 0 aliphatic rings. The Balaban J connectivity index is 2.15. The summed E-state index contributed by atoms with van der Waals surface area (Å²) in [6.45, 7) is 9.86. The fourth-order valence-corrected chi connectivity index (χ4v) is 2.62. The molecule has 2 rings (SSSR count). The zero-order valence-electron chi connectivity index (χ0n) is 13.5. The summed E-state index contributed by atoms with van der Waals surface area (Å²) < 4.78 is 7.22. The molecule has 0 bridgehead atoms. The highest BCUT2D eigenvalue weighted by Crippen LogP contribution is 2.24. The van der Waals surface area contributed by atoms with Crippen LogP contribution in [0.3, 0.4) is 0 Å². The highest BCUT2D eigenvalue weighted by Gasteiger charge is 2.19. The van der Waals surface area contributed by atoms with Crippen LogP contribution in [-0.2, 0) is 16.1 Å². The molecule has 0 amide bonds. The van der Waals surface area contributed by atoms with Gasteiger partial charge in [0.25, 0.3) is 0 Å². The number of carbonyl (C=O) groups is 1. The lowest BCUT2D eigenvalue weighted by molar-refractivity contribution is -0.151. The van der Waals surface area contributed by atoms with E-state index in [-0.39, 0.29) is 11.7 Å². The van der Waals surface area contributed by atoms with Crippen LogP contribution in [0.25, 0.3) is 11.4 Å². The van der Waals surface area contributed by atoms with Gasteiger partial charge in [-0.25, -0.2) is 0 Å². The average Bonchev–Trinajstić information content (AvgIpc) is 2.88. The quantitative estimate of drug-likeness (QED) is 0.460. The predicted octanol–water partition coefficient (Wildman–Crippen LogP) is 2.96. The molecule has 0 aliphatic carbocycles. The van der Waals surface area contributed by atoms with Crippen molar-refractivity contribution in [2.75, 3.05) is 5.75 Å². The molecule has 23 heavy (non-hydrogen) atoms. The second-order valence-electron chi connectivity index (χ2n) is 5.82. The number of carbonyl (C=O) groups excluding carboxylic acids is 1. The Bertz CT molecular complexity index is 677. The Hall–Kier alpha value is -2.15. The summed E-state index contributed by atoms with van der Waals surface area (Å²) in [4.78, 5) is 15.9. The van der Waals surface area contributed by atoms with Gasteiger partial charge in [-0.15, -0.1) is 16.8 Å². The normalized spacial score (nSPS) is 11.3. The van der Waals surface area contributed by atoms with Crippen LogP contribution >= 0.6 is 11.8 Å². The number of thioether (sulfide) groups is 1. The second-order valence-corrected chi connectivity index (χ2v) is 6.76. The third-order valence-corrected chi connectivity index (χ3v) is 3.65. The molecule has 0 saturated heterocycles. The highest BCUT2D eigenvalue weighted by atomic mass is 32.2. The summed E-state index contributed by atoms with van der Waals surface area (Å²) in [5, 5.41) is 9.06. The molecule has 7 heteroatoms. The van der Waals surface area contributed by atoms with Gasteiger partial charge in [-0.3, -0.25) is 14.3 Å². The molecular weight excluding hydrogens is 312 g/mol. The first kappa shape index (κ1) is 17.2. The molecule has 0 saturated carbocycles. The van der Waals surface area contributed by atoms with E-state index in [4.69, 9.17) is 4.74 Å². The van der Waals surface area contributed by atoms with Crippen LogP contribution in [0.4, 0.5) is 0 Å². The van der Waals surface area contributed by atoms with E-state index in [1.807, 2.05) is 37.5 Å². The lowest BCUT2D eigenvalue weighted by Gasteiger charge is -2.19. The predicted molar refractivity (Wildman–Crippen MR) is 90.0 cm³/mol. The number of ether oxygens (including phenoxy) is 1. The monoisotopic (exact) mass is 332 g/mol. The molecule has 0 fully saturated rings. The molecule has 0 aromatic carbocycles. The fourth-order valence-electron chi connectivity index (χ4n) is 1.90. The summed E-state index contributed by atoms with van der Waals surface area (Å²) in [6.07, 6.45) is 5.18. The first-order valence-corrected chi connectivity index (χ1v) is 8.18. The first-order valence-electron chi connectivity index (χ1n) is 7.20. The Morgan fingerprint density at radius 1 is 1.35 bits per heavy atom. The van der Waals surface area contributed by atoms with Crippen LogP contribution in [-0.4, -0.2) is 37.1 Å². The topological polar surface area (TPSA) is 69.9 Å². The molecular formula is C16H20N4O2S. The van der Waals surface area contributed by atoms with Crippen LogP contribution < -0.4 is 0 Å². The van der Waals surface area contributed by atoms with Crippen molar-refractivity contribution in [3.05, 3.63) is 37.2 Å². The van der Waals surface area contributed by atoms with Crippen LogP contribution in [0, 0.1) is 0 Å². The molecule has 0 spiro atoms. The van der Waals surface area contributed by atoms with Gasteiger partial charge in [0.2, 0.25) is 0 Å². The minimum Gasteiger partial charge on any atom is -0.459 e. The third kappa shape index (κ3) is 4.92. The van der Waals surface area contributed by atoms with Gasteiger partial charge in [-0.05, 0) is 32.9 Å². The van der Waals surface area contributed by atoms with E-state index in [9.17, 15) is 4.79 Å². The van der Waals surface area contributed by atoms with Gasteiger partial charge >= 0.3 is 5.97 Å². The molecule has 0 unspecified atom stereocenters. The summed E-state index contributed by atoms with van der Waals surface area (Å²) in [5.74, 6) is 0.628. The van der Waals surface area contributed by atoms with Crippen molar-refractivity contribution in [1.82, 2.24) is 19.7 Å². The molecule has 6 nitrogen and oxygen atoms in total. The van der Waals surface area contributed by atoms with E-state index in [0.717, 1.165) is 11.4 Å². The smallest absolute Gasteiger partial charge is 0.316 e. The number of esters is 1. The summed E-state index contributed by atoms with van der Waals surface area (Å²) in [7, 11) is 0. The zero-order chi connectivity index (χ0) is 16.9. The van der Waals surface area contributed by atoms with Crippen molar-refractivity contribution in [3.8, 4) is 11.4 Å². The minimum absolute atomic E-state index is 0.183. The largest absolute Gasteiger partial charge is 0.459 e. The Morgan fingerprint density at radius 2 is 2.04 bits per heavy atom. The number of rotatable bonds is 6. The van der Waals surface area contributed by atoms with E-state index in [2.05, 4.69) is 21.8 Å². The summed E-state index contributed by atoms with van der Waals surface area (Å²) in [6, 6.07) is 3.73. The minimum atomic E-state index is -0.491. The molecule has 0 radical (unpaired) electrons. The van der Waals surface area contributed by atoms with E-state index in [1.54, 1.807) is 18.5 Å². The highest BCUT2D eigenvalue weighted by molar-refractivity contribution is 7.99. The Labute approximate surface area is 140 Å². The van der Waals surface area contributed by atoms with Crippen molar-refractivity contribution < 1.29 is 9.53 Å². The Kier molecular flexibility index (Phi) is 5.54. The number of hydrogen-bond acceptors (Lipinski definition) is 6. The standard InChI is InChI=1S/C16H20N4O2S/c1-5-10-20-14(12-6-8-17-9-7-12)18-19-15(20)23-11-13(21)22-16(2,3)4/h5-9H,1,10-11H2,2-4H3. The van der Waals surface area contributed by atoms with Crippen molar-refractivity contribution in [2.24, 2.45) is 0 Å². The molecule has 0 N–H and O–H groups in total. The number of allylic oxidation sites excluding steroid dienone is 1. The Morgan fingerprint density at radius 3 is 2.65 bits per heavy atom. The SMILES string of the molecule is C=CCn1c(SCC(=O)OC(C)(C)C)nnc1-c1ccncc1. The number of hydrogen-bond donors (Lipinski definition) is 0. The van der Waals surface area contributed by atoms with Crippen molar-refractivity contribution >= 4 is 17.7 Å². The number of aromatic nitrogens is 4. The van der Waals surface area contributed by atoms with Crippen LogP contribution in [0.5, 0.6) is 0 Å². The van der Waals surface area contributed by atoms with E-state index in [1.165, 1.54) is 11.8 Å². The van der Waals surface area contributed by atoms with Crippen molar-refractivity contribution in [1.29, 1.82) is 0 Å². The average molecular weight is 332 g/mol. The van der Waals surface area contributed by atoms with Crippen molar-refractivity contribution in [2.45, 2.75) is 38.1 Å². The maximum atomic E-state index is 11.8. The van der Waals surface area contributed by atoms with Gasteiger partial charge in [0.05, 0.1) is 5.75 Å². The third-order valence-electron chi connectivity index (χ3n) is 2.71. The van der Waals surface area contributed by atoms with E-state index >= 15 is 0 Å². The fraction of sp³-hybridized carbons (Fsp3) is 0.375. The number of pyridine rings is 1. The maximum Gasteiger partial charge on any atom is 0.316 e. The summed E-state index contributed by atoms with van der Waals surface area (Å²) >= 11 is 1.30. The molecule has 2 aromatic rings. The van der Waals surface area contributed by atoms with Gasteiger partial charge in [0.1, 0.15) is 5.60 Å². The van der Waals surface area contributed by atoms with E-state index in [0.29, 0.717) is 11.7 Å². The van der Waals surface area contributed by atoms with Gasteiger partial charge in [0, 0.05) is 24.5 Å².